The van der Waals surface area contributed by atoms with Gasteiger partial charge in [0.15, 0.2) is 11.6 Å². The number of ketones is 1. The molecule has 0 spiro atoms. The summed E-state index contributed by atoms with van der Waals surface area (Å²) in [6.07, 6.45) is -3.78. The van der Waals surface area contributed by atoms with Gasteiger partial charge in [-0.15, -0.1) is 0 Å². The van der Waals surface area contributed by atoms with E-state index >= 15 is 0 Å². The molecule has 31 heavy (non-hydrogen) atoms. The Morgan fingerprint density at radius 3 is 2.48 bits per heavy atom. The van der Waals surface area contributed by atoms with Crippen molar-refractivity contribution < 1.29 is 27.4 Å². The summed E-state index contributed by atoms with van der Waals surface area (Å²) in [7, 11) is 0. The number of hydrogen-bond donors (Lipinski definition) is 1. The third-order valence-corrected chi connectivity index (χ3v) is 4.55. The minimum absolute atomic E-state index is 0.132. The molecule has 0 saturated carbocycles. The summed E-state index contributed by atoms with van der Waals surface area (Å²) in [6, 6.07) is 9.39. The van der Waals surface area contributed by atoms with E-state index in [0.717, 1.165) is 0 Å². The van der Waals surface area contributed by atoms with Gasteiger partial charge in [0, 0.05) is 6.20 Å². The van der Waals surface area contributed by atoms with E-state index in [1.807, 2.05) is 0 Å². The van der Waals surface area contributed by atoms with Crippen LogP contribution in [0.25, 0.3) is 0 Å². The molecule has 0 radical (unpaired) electrons. The second kappa shape index (κ2) is 8.93. The quantitative estimate of drug-likeness (QED) is 0.532. The fourth-order valence-corrected chi connectivity index (χ4v) is 2.79. The highest BCUT2D eigenvalue weighted by atomic mass is 35.5. The first-order chi connectivity index (χ1) is 14.6. The molecule has 1 aromatic carbocycles. The summed E-state index contributed by atoms with van der Waals surface area (Å²) in [6.45, 7) is 2.98. The number of halogens is 4. The van der Waals surface area contributed by atoms with E-state index in [0.29, 0.717) is 18.0 Å². The Morgan fingerprint density at radius 1 is 1.19 bits per heavy atom. The summed E-state index contributed by atoms with van der Waals surface area (Å²) >= 11 is 5.87. The van der Waals surface area contributed by atoms with Crippen LogP contribution in [-0.2, 0) is 11.0 Å². The van der Waals surface area contributed by atoms with Crippen molar-refractivity contribution in [1.29, 1.82) is 0 Å². The number of hydrogen-bond acceptors (Lipinski definition) is 6. The number of nitrogens with zero attached hydrogens (tertiary/aromatic N) is 3. The number of aromatic nitrogens is 4. The lowest BCUT2D eigenvalue weighted by atomic mass is 9.85. The number of pyridine rings is 1. The van der Waals surface area contributed by atoms with Crippen LogP contribution in [-0.4, -0.2) is 32.6 Å². The number of nitrogens with one attached hydrogen (secondary N) is 1. The molecule has 0 saturated heterocycles. The van der Waals surface area contributed by atoms with Crippen LogP contribution in [0.15, 0.2) is 48.9 Å². The lowest BCUT2D eigenvalue weighted by molar-refractivity contribution is -0.137. The first-order valence-electron chi connectivity index (χ1n) is 9.05. The molecule has 2 heterocycles. The second-order valence-corrected chi connectivity index (χ2v) is 7.62. The Morgan fingerprint density at radius 2 is 1.90 bits per heavy atom. The number of carbonyl (C=O) groups is 1. The number of rotatable bonds is 8. The highest BCUT2D eigenvalue weighted by Crippen LogP contribution is 2.34. The highest BCUT2D eigenvalue weighted by molar-refractivity contribution is 6.31. The molecule has 0 amide bonds. The Kier molecular flexibility index (Phi) is 6.49. The van der Waals surface area contributed by atoms with E-state index < -0.39 is 29.0 Å². The fraction of sp³-hybridized carbons (Fsp3) is 0.300. The van der Waals surface area contributed by atoms with E-state index in [1.165, 1.54) is 6.33 Å². The molecule has 0 fully saturated rings. The van der Waals surface area contributed by atoms with Crippen LogP contribution in [0.4, 0.5) is 13.2 Å². The number of para-hydroxylation sites is 1. The molecule has 11 heteroatoms. The SMILES string of the molecule is CC(C)(COc1ncc(C(F)(F)F)cc1Cl)C(=O)C(Oc1ccccc1)c1nc[nH]n1. The first kappa shape index (κ1) is 22.5. The van der Waals surface area contributed by atoms with Crippen molar-refractivity contribution in [2.75, 3.05) is 6.61 Å². The van der Waals surface area contributed by atoms with Gasteiger partial charge in [-0.2, -0.15) is 18.3 Å². The number of H-pyrrole nitrogens is 1. The molecule has 7 nitrogen and oxygen atoms in total. The lowest BCUT2D eigenvalue weighted by Crippen LogP contribution is -2.37. The number of alkyl halides is 3. The molecular formula is C20H18ClF3N4O3. The van der Waals surface area contributed by atoms with E-state index in [-0.39, 0.29) is 23.3 Å². The Bertz CT molecular complexity index is 1030. The van der Waals surface area contributed by atoms with Gasteiger partial charge < -0.3 is 9.47 Å². The first-order valence-corrected chi connectivity index (χ1v) is 9.43. The zero-order valence-electron chi connectivity index (χ0n) is 16.5. The number of benzene rings is 1. The molecule has 0 aliphatic carbocycles. The van der Waals surface area contributed by atoms with Gasteiger partial charge in [0.05, 0.1) is 11.0 Å². The predicted octanol–water partition coefficient (Wildman–Crippen LogP) is 4.67. The Hall–Kier alpha value is -3.14. The maximum absolute atomic E-state index is 13.3. The third kappa shape index (κ3) is 5.52. The average Bonchev–Trinajstić information content (AvgIpc) is 3.25. The van der Waals surface area contributed by atoms with Gasteiger partial charge in [0.25, 0.3) is 0 Å². The van der Waals surface area contributed by atoms with E-state index in [4.69, 9.17) is 21.1 Å². The molecule has 0 aliphatic heterocycles. The van der Waals surface area contributed by atoms with E-state index in [9.17, 15) is 18.0 Å². The largest absolute Gasteiger partial charge is 0.476 e. The molecule has 3 rings (SSSR count). The van der Waals surface area contributed by atoms with Crippen molar-refractivity contribution in [2.45, 2.75) is 26.1 Å². The van der Waals surface area contributed by atoms with Crippen LogP contribution in [0, 0.1) is 5.41 Å². The number of aromatic amines is 1. The maximum Gasteiger partial charge on any atom is 0.417 e. The molecule has 0 aliphatic rings. The molecule has 3 aromatic rings. The Balaban J connectivity index is 1.77. The van der Waals surface area contributed by atoms with Gasteiger partial charge in [-0.3, -0.25) is 9.89 Å². The van der Waals surface area contributed by atoms with Gasteiger partial charge in [-0.1, -0.05) is 29.8 Å². The van der Waals surface area contributed by atoms with Crippen LogP contribution >= 0.6 is 11.6 Å². The molecular weight excluding hydrogens is 437 g/mol. The third-order valence-electron chi connectivity index (χ3n) is 4.27. The standard InChI is InChI=1S/C20H18ClF3N4O3/c1-19(2,10-30-18-14(21)8-12(9-25-18)20(22,23)24)16(29)15(17-26-11-27-28-17)31-13-6-4-3-5-7-13/h3-9,11,15H,10H2,1-2H3,(H,26,27,28). The summed E-state index contributed by atoms with van der Waals surface area (Å²) in [5, 5.41) is 6.18. The van der Waals surface area contributed by atoms with Crippen molar-refractivity contribution in [3.63, 3.8) is 0 Å². The van der Waals surface area contributed by atoms with Crippen LogP contribution in [0.3, 0.4) is 0 Å². The van der Waals surface area contributed by atoms with Crippen molar-refractivity contribution in [1.82, 2.24) is 20.2 Å². The van der Waals surface area contributed by atoms with Crippen molar-refractivity contribution in [2.24, 2.45) is 5.41 Å². The normalized spacial score (nSPS) is 13.0. The van der Waals surface area contributed by atoms with Gasteiger partial charge in [-0.05, 0) is 32.0 Å². The summed E-state index contributed by atoms with van der Waals surface area (Å²) < 4.78 is 49.6. The van der Waals surface area contributed by atoms with E-state index in [2.05, 4.69) is 20.2 Å². The zero-order chi connectivity index (χ0) is 22.6. The van der Waals surface area contributed by atoms with Gasteiger partial charge in [-0.25, -0.2) is 9.97 Å². The fourth-order valence-electron chi connectivity index (χ4n) is 2.57. The van der Waals surface area contributed by atoms with Gasteiger partial charge in [0.2, 0.25) is 12.0 Å². The van der Waals surface area contributed by atoms with E-state index in [1.54, 1.807) is 44.2 Å². The average molecular weight is 455 g/mol. The maximum atomic E-state index is 13.3. The second-order valence-electron chi connectivity index (χ2n) is 7.21. The van der Waals surface area contributed by atoms with Crippen molar-refractivity contribution >= 4 is 17.4 Å². The highest BCUT2D eigenvalue weighted by Gasteiger charge is 2.39. The smallest absolute Gasteiger partial charge is 0.417 e. The molecule has 1 atom stereocenters. The molecule has 1 N–H and O–H groups in total. The molecule has 0 bridgehead atoms. The minimum atomic E-state index is -4.58. The summed E-state index contributed by atoms with van der Waals surface area (Å²) in [5.74, 6) is -0.0459. The molecule has 1 unspecified atom stereocenters. The van der Waals surface area contributed by atoms with Crippen LogP contribution in [0.2, 0.25) is 5.02 Å². The number of Topliss-reactive ketones (excluding diaryl/α,β-unsaturated/α-hetero) is 1. The number of carbonyl (C=O) groups excluding carboxylic acids is 1. The summed E-state index contributed by atoms with van der Waals surface area (Å²) in [5.41, 5.74) is -2.14. The van der Waals surface area contributed by atoms with Crippen LogP contribution in [0.1, 0.15) is 31.3 Å². The van der Waals surface area contributed by atoms with Crippen molar-refractivity contribution in [3.8, 4) is 11.6 Å². The monoisotopic (exact) mass is 454 g/mol. The van der Waals surface area contributed by atoms with Gasteiger partial charge >= 0.3 is 6.18 Å². The lowest BCUT2D eigenvalue weighted by Gasteiger charge is -2.27. The predicted molar refractivity (Wildman–Crippen MR) is 105 cm³/mol. The summed E-state index contributed by atoms with van der Waals surface area (Å²) in [4.78, 5) is 20.9. The molecule has 164 valence electrons. The minimum Gasteiger partial charge on any atom is -0.476 e. The Labute approximate surface area is 180 Å². The molecule has 2 aromatic heterocycles. The zero-order valence-corrected chi connectivity index (χ0v) is 17.2. The van der Waals surface area contributed by atoms with Crippen LogP contribution in [0.5, 0.6) is 11.6 Å². The van der Waals surface area contributed by atoms with Gasteiger partial charge in [0.1, 0.15) is 23.7 Å². The van der Waals surface area contributed by atoms with Crippen LogP contribution < -0.4 is 9.47 Å². The topological polar surface area (TPSA) is 90.0 Å². The number of ether oxygens (including phenoxy) is 2. The van der Waals surface area contributed by atoms with Crippen molar-refractivity contribution in [3.05, 3.63) is 65.3 Å².